The third-order valence-corrected chi connectivity index (χ3v) is 6.99. The molecule has 0 radical (unpaired) electrons. The molecule has 2 aromatic rings. The third-order valence-electron chi connectivity index (χ3n) is 6.99. The van der Waals surface area contributed by atoms with Crippen molar-refractivity contribution in [2.45, 2.75) is 43.9 Å². The highest BCUT2D eigenvalue weighted by molar-refractivity contribution is 5.67. The van der Waals surface area contributed by atoms with Crippen molar-refractivity contribution < 1.29 is 23.7 Å². The van der Waals surface area contributed by atoms with E-state index >= 15 is 0 Å². The Kier molecular flexibility index (Phi) is 7.98. The molecule has 0 saturated carbocycles. The number of ether oxygens (including phenoxy) is 4. The lowest BCUT2D eigenvalue weighted by molar-refractivity contribution is 0.0518. The molecule has 4 rings (SSSR count). The van der Waals surface area contributed by atoms with Crippen LogP contribution in [0.25, 0.3) is 0 Å². The van der Waals surface area contributed by atoms with E-state index in [1.165, 1.54) is 7.11 Å². The Morgan fingerprint density at radius 2 is 1.71 bits per heavy atom. The summed E-state index contributed by atoms with van der Waals surface area (Å²) in [7, 11) is 4.66. The molecule has 2 heterocycles. The SMILES string of the molecule is COC(=O)N1CC2CCC(C1)N2CCCC(Oc1ccc(OC)c(OC)c1)c1ccc(C#N)cc1. The lowest BCUT2D eigenvalue weighted by Crippen LogP contribution is -2.55. The average Bonchev–Trinajstić information content (AvgIpc) is 3.13. The van der Waals surface area contributed by atoms with E-state index in [1.807, 2.05) is 47.4 Å². The third kappa shape index (κ3) is 5.63. The number of amides is 1. The first kappa shape index (κ1) is 24.7. The molecule has 2 fully saturated rings. The molecule has 2 aliphatic heterocycles. The van der Waals surface area contributed by atoms with Crippen molar-refractivity contribution in [1.29, 1.82) is 5.26 Å². The zero-order valence-electron chi connectivity index (χ0n) is 20.6. The van der Waals surface area contributed by atoms with E-state index in [9.17, 15) is 10.1 Å². The number of piperazine rings is 1. The molecule has 0 aromatic heterocycles. The van der Waals surface area contributed by atoms with Crippen molar-refractivity contribution in [3.05, 3.63) is 53.6 Å². The quantitative estimate of drug-likeness (QED) is 0.527. The first-order valence-corrected chi connectivity index (χ1v) is 12.0. The highest BCUT2D eigenvalue weighted by atomic mass is 16.5. The van der Waals surface area contributed by atoms with Gasteiger partial charge in [-0.15, -0.1) is 0 Å². The van der Waals surface area contributed by atoms with Crippen LogP contribution in [0.1, 0.15) is 42.9 Å². The number of methoxy groups -OCH3 is 3. The molecule has 2 bridgehead atoms. The van der Waals surface area contributed by atoms with Crippen LogP contribution in [0.5, 0.6) is 17.2 Å². The molecule has 186 valence electrons. The predicted octanol–water partition coefficient (Wildman–Crippen LogP) is 4.39. The summed E-state index contributed by atoms with van der Waals surface area (Å²) < 4.78 is 22.1. The van der Waals surface area contributed by atoms with E-state index in [4.69, 9.17) is 18.9 Å². The molecule has 0 aliphatic carbocycles. The molecule has 0 N–H and O–H groups in total. The van der Waals surface area contributed by atoms with Crippen molar-refractivity contribution in [3.63, 3.8) is 0 Å². The van der Waals surface area contributed by atoms with Crippen LogP contribution in [0.2, 0.25) is 0 Å². The van der Waals surface area contributed by atoms with Crippen molar-refractivity contribution >= 4 is 6.09 Å². The largest absolute Gasteiger partial charge is 0.493 e. The fourth-order valence-corrected chi connectivity index (χ4v) is 5.21. The molecule has 8 heteroatoms. The average molecular weight is 480 g/mol. The molecule has 2 aromatic carbocycles. The van der Waals surface area contributed by atoms with Crippen molar-refractivity contribution in [2.24, 2.45) is 0 Å². The molecule has 3 atom stereocenters. The van der Waals surface area contributed by atoms with Gasteiger partial charge >= 0.3 is 6.09 Å². The molecular weight excluding hydrogens is 446 g/mol. The summed E-state index contributed by atoms with van der Waals surface area (Å²) in [4.78, 5) is 16.4. The van der Waals surface area contributed by atoms with Crippen LogP contribution in [-0.2, 0) is 4.74 Å². The van der Waals surface area contributed by atoms with Crippen LogP contribution in [-0.4, -0.2) is 68.9 Å². The van der Waals surface area contributed by atoms with Gasteiger partial charge in [-0.1, -0.05) is 12.1 Å². The van der Waals surface area contributed by atoms with E-state index in [0.717, 1.165) is 50.9 Å². The fourth-order valence-electron chi connectivity index (χ4n) is 5.21. The van der Waals surface area contributed by atoms with E-state index in [1.54, 1.807) is 14.2 Å². The summed E-state index contributed by atoms with van der Waals surface area (Å²) in [5.41, 5.74) is 1.65. The lowest BCUT2D eigenvalue weighted by Gasteiger charge is -2.40. The van der Waals surface area contributed by atoms with Crippen LogP contribution in [0.15, 0.2) is 42.5 Å². The van der Waals surface area contributed by atoms with Gasteiger partial charge in [0.2, 0.25) is 0 Å². The zero-order valence-corrected chi connectivity index (χ0v) is 20.6. The molecule has 3 unspecified atom stereocenters. The summed E-state index contributed by atoms with van der Waals surface area (Å²) >= 11 is 0. The van der Waals surface area contributed by atoms with Crippen LogP contribution < -0.4 is 14.2 Å². The van der Waals surface area contributed by atoms with Gasteiger partial charge in [-0.05, 0) is 62.1 Å². The number of nitrogens with zero attached hydrogens (tertiary/aromatic N) is 3. The van der Waals surface area contributed by atoms with Crippen molar-refractivity contribution in [1.82, 2.24) is 9.80 Å². The maximum atomic E-state index is 12.0. The number of hydrogen-bond donors (Lipinski definition) is 0. The number of fused-ring (bicyclic) bond motifs is 2. The van der Waals surface area contributed by atoms with Gasteiger partial charge in [0.15, 0.2) is 11.5 Å². The minimum Gasteiger partial charge on any atom is -0.493 e. The maximum absolute atomic E-state index is 12.0. The maximum Gasteiger partial charge on any atom is 0.409 e. The Hall–Kier alpha value is -3.44. The zero-order chi connectivity index (χ0) is 24.8. The van der Waals surface area contributed by atoms with Gasteiger partial charge in [-0.3, -0.25) is 4.90 Å². The molecular formula is C27H33N3O5. The lowest BCUT2D eigenvalue weighted by atomic mass is 10.0. The van der Waals surface area contributed by atoms with E-state index in [-0.39, 0.29) is 12.2 Å². The van der Waals surface area contributed by atoms with Crippen molar-refractivity contribution in [3.8, 4) is 23.3 Å². The molecule has 1 amide bonds. The highest BCUT2D eigenvalue weighted by Crippen LogP contribution is 2.35. The minimum absolute atomic E-state index is 0.171. The number of carbonyl (C=O) groups excluding carboxylic acids is 1. The van der Waals surface area contributed by atoms with Gasteiger partial charge in [0.25, 0.3) is 0 Å². The summed E-state index contributed by atoms with van der Waals surface area (Å²) in [6, 6.07) is 16.1. The van der Waals surface area contributed by atoms with Gasteiger partial charge in [-0.2, -0.15) is 5.26 Å². The van der Waals surface area contributed by atoms with Gasteiger partial charge in [-0.25, -0.2) is 4.79 Å². The molecule has 0 spiro atoms. The van der Waals surface area contributed by atoms with Crippen molar-refractivity contribution in [2.75, 3.05) is 41.0 Å². The van der Waals surface area contributed by atoms with E-state index < -0.39 is 0 Å². The number of likely N-dealkylation sites (tertiary alicyclic amines) is 1. The van der Waals surface area contributed by atoms with E-state index in [2.05, 4.69) is 11.0 Å². The second-order valence-electron chi connectivity index (χ2n) is 9.00. The number of nitriles is 1. The second kappa shape index (κ2) is 11.3. The number of hydrogen-bond acceptors (Lipinski definition) is 7. The summed E-state index contributed by atoms with van der Waals surface area (Å²) in [5.74, 6) is 1.96. The Morgan fingerprint density at radius 3 is 2.31 bits per heavy atom. The number of carbonyl (C=O) groups is 1. The normalized spacial score (nSPS) is 20.1. The van der Waals surface area contributed by atoms with Crippen LogP contribution >= 0.6 is 0 Å². The molecule has 8 nitrogen and oxygen atoms in total. The Bertz CT molecular complexity index is 1040. The Balaban J connectivity index is 1.44. The van der Waals surface area contributed by atoms with Gasteiger partial charge in [0.1, 0.15) is 11.9 Å². The first-order chi connectivity index (χ1) is 17.1. The summed E-state index contributed by atoms with van der Waals surface area (Å²) in [6.07, 6.45) is 3.58. The standard InChI is InChI=1S/C27H33N3O5/c1-32-25-13-12-23(15-26(25)33-2)35-24(20-8-6-19(16-28)7-9-20)5-4-14-30-21-10-11-22(30)18-29(17-21)27(31)34-3/h6-9,12-13,15,21-22,24H,4-5,10-11,14,17-18H2,1-3H3. The number of rotatable bonds is 9. The van der Waals surface area contributed by atoms with Crippen LogP contribution in [0.4, 0.5) is 4.79 Å². The fraction of sp³-hybridized carbons (Fsp3) is 0.481. The van der Waals surface area contributed by atoms with Crippen LogP contribution in [0.3, 0.4) is 0 Å². The topological polar surface area (TPSA) is 84.3 Å². The molecule has 35 heavy (non-hydrogen) atoms. The molecule has 2 aliphatic rings. The van der Waals surface area contributed by atoms with E-state index in [0.29, 0.717) is 34.9 Å². The predicted molar refractivity (Wildman–Crippen MR) is 131 cm³/mol. The minimum atomic E-state index is -0.231. The second-order valence-corrected chi connectivity index (χ2v) is 9.00. The monoisotopic (exact) mass is 479 g/mol. The number of benzene rings is 2. The van der Waals surface area contributed by atoms with Gasteiger partial charge in [0, 0.05) is 31.2 Å². The summed E-state index contributed by atoms with van der Waals surface area (Å²) in [5, 5.41) is 9.17. The Labute approximate surface area is 206 Å². The summed E-state index contributed by atoms with van der Waals surface area (Å²) in [6.45, 7) is 2.40. The Morgan fingerprint density at radius 1 is 1.03 bits per heavy atom. The van der Waals surface area contributed by atoms with Gasteiger partial charge in [0.05, 0.1) is 33.0 Å². The highest BCUT2D eigenvalue weighted by Gasteiger charge is 2.41. The molecule has 2 saturated heterocycles. The van der Waals surface area contributed by atoms with Gasteiger partial charge < -0.3 is 23.8 Å². The smallest absolute Gasteiger partial charge is 0.409 e. The first-order valence-electron chi connectivity index (χ1n) is 12.0. The van der Waals surface area contributed by atoms with Crippen LogP contribution in [0, 0.1) is 11.3 Å².